The molecular weight excluding hydrogens is 478 g/mol. The molecule has 2 aromatic heterocycles. The number of benzene rings is 2. The maximum Gasteiger partial charge on any atom is 0.338 e. The maximum atomic E-state index is 12.8. The number of esters is 1. The van der Waals surface area contributed by atoms with Gasteiger partial charge in [-0.05, 0) is 37.3 Å². The number of fused-ring (bicyclic) bond motifs is 1. The first-order valence-electron chi connectivity index (χ1n) is 10.3. The summed E-state index contributed by atoms with van der Waals surface area (Å²) in [5, 5.41) is 2.89. The van der Waals surface area contributed by atoms with E-state index in [9.17, 15) is 14.4 Å². The smallest absolute Gasteiger partial charge is 0.338 e. The standard InChI is InChI=1S/C24H20ClN3O7/c1-13-6-21-26-16(10-22(29)28(21)35-13)12-34-24(31)14-4-5-19(25)20(9-14)27-23(30)15-7-17(32-2)11-18(8-15)33-3/h4-11H,12H2,1-3H3,(H,27,30). The molecule has 0 fully saturated rings. The number of methoxy groups -OCH3 is 2. The van der Waals surface area contributed by atoms with Crippen LogP contribution in [0.3, 0.4) is 0 Å². The van der Waals surface area contributed by atoms with Crippen molar-refractivity contribution in [2.45, 2.75) is 13.5 Å². The summed E-state index contributed by atoms with van der Waals surface area (Å²) >= 11 is 6.23. The van der Waals surface area contributed by atoms with Crippen LogP contribution in [0.5, 0.6) is 11.5 Å². The minimum absolute atomic E-state index is 0.143. The summed E-state index contributed by atoms with van der Waals surface area (Å²) < 4.78 is 22.0. The lowest BCUT2D eigenvalue weighted by atomic mass is 10.1. The number of hydrogen-bond donors (Lipinski definition) is 1. The second-order valence-electron chi connectivity index (χ2n) is 7.41. The minimum atomic E-state index is -0.689. The van der Waals surface area contributed by atoms with Gasteiger partial charge in [-0.25, -0.2) is 9.78 Å². The number of carbonyl (C=O) groups excluding carboxylic acids is 2. The predicted octanol–water partition coefficient (Wildman–Crippen LogP) is 3.88. The molecule has 11 heteroatoms. The van der Waals surface area contributed by atoms with Crippen LogP contribution in [0, 0.1) is 6.92 Å². The Morgan fingerprint density at radius 2 is 1.74 bits per heavy atom. The molecule has 0 atom stereocenters. The van der Waals surface area contributed by atoms with Crippen molar-refractivity contribution in [2.24, 2.45) is 0 Å². The highest BCUT2D eigenvalue weighted by Crippen LogP contribution is 2.27. The zero-order valence-electron chi connectivity index (χ0n) is 19.0. The number of anilines is 1. The Morgan fingerprint density at radius 3 is 2.43 bits per heavy atom. The first-order chi connectivity index (χ1) is 16.8. The molecule has 0 spiro atoms. The minimum Gasteiger partial charge on any atom is -0.497 e. The van der Waals surface area contributed by atoms with Gasteiger partial charge in [0.15, 0.2) is 5.65 Å². The number of carbonyl (C=O) groups is 2. The first-order valence-corrected chi connectivity index (χ1v) is 10.7. The summed E-state index contributed by atoms with van der Waals surface area (Å²) in [6.45, 7) is 1.46. The molecule has 0 saturated heterocycles. The number of nitrogens with zero attached hydrogens (tertiary/aromatic N) is 2. The number of nitrogens with one attached hydrogen (secondary N) is 1. The van der Waals surface area contributed by atoms with E-state index in [2.05, 4.69) is 10.3 Å². The highest BCUT2D eigenvalue weighted by Gasteiger charge is 2.16. The molecule has 4 aromatic rings. The molecule has 0 aliphatic heterocycles. The topological polar surface area (TPSA) is 121 Å². The van der Waals surface area contributed by atoms with Crippen molar-refractivity contribution in [3.63, 3.8) is 0 Å². The van der Waals surface area contributed by atoms with Crippen LogP contribution >= 0.6 is 11.6 Å². The normalized spacial score (nSPS) is 10.7. The second kappa shape index (κ2) is 9.90. The fraction of sp³-hybridized carbons (Fsp3) is 0.167. The summed E-state index contributed by atoms with van der Waals surface area (Å²) in [6, 6.07) is 11.8. The lowest BCUT2D eigenvalue weighted by molar-refractivity contribution is 0.0467. The number of halogens is 1. The molecule has 2 heterocycles. The van der Waals surface area contributed by atoms with E-state index in [-0.39, 0.29) is 34.1 Å². The number of amides is 1. The quantitative estimate of drug-likeness (QED) is 0.382. The first kappa shape index (κ1) is 23.8. The summed E-state index contributed by atoms with van der Waals surface area (Å²) in [7, 11) is 2.95. The van der Waals surface area contributed by atoms with E-state index in [1.165, 1.54) is 50.6 Å². The van der Waals surface area contributed by atoms with Gasteiger partial charge in [0.2, 0.25) is 0 Å². The van der Waals surface area contributed by atoms with Crippen molar-refractivity contribution in [3.05, 3.63) is 86.5 Å². The Morgan fingerprint density at radius 1 is 1.03 bits per heavy atom. The molecule has 35 heavy (non-hydrogen) atoms. The summed E-state index contributed by atoms with van der Waals surface area (Å²) in [6.07, 6.45) is 0. The van der Waals surface area contributed by atoms with Crippen molar-refractivity contribution in [1.82, 2.24) is 9.56 Å². The van der Waals surface area contributed by atoms with E-state index in [0.717, 1.165) is 4.57 Å². The van der Waals surface area contributed by atoms with Gasteiger partial charge >= 0.3 is 5.97 Å². The number of aryl methyl sites for hydroxylation is 1. The number of hydrogen-bond acceptors (Lipinski definition) is 8. The lowest BCUT2D eigenvalue weighted by Gasteiger charge is -2.11. The molecule has 0 unspecified atom stereocenters. The third-order valence-electron chi connectivity index (χ3n) is 4.94. The van der Waals surface area contributed by atoms with E-state index >= 15 is 0 Å². The largest absolute Gasteiger partial charge is 0.497 e. The Bertz CT molecular complexity index is 1470. The molecular formula is C24H20ClN3O7. The third-order valence-corrected chi connectivity index (χ3v) is 5.27. The Balaban J connectivity index is 1.49. The van der Waals surface area contributed by atoms with Crippen LogP contribution in [0.15, 0.2) is 57.8 Å². The molecule has 2 aromatic carbocycles. The van der Waals surface area contributed by atoms with Crippen LogP contribution in [0.1, 0.15) is 32.2 Å². The van der Waals surface area contributed by atoms with Crippen LogP contribution in [0.2, 0.25) is 5.02 Å². The van der Waals surface area contributed by atoms with E-state index in [1.807, 2.05) is 0 Å². The molecule has 0 bridgehead atoms. The van der Waals surface area contributed by atoms with Crippen molar-refractivity contribution >= 4 is 34.8 Å². The summed E-state index contributed by atoms with van der Waals surface area (Å²) in [5.41, 5.74) is 0.766. The van der Waals surface area contributed by atoms with Gasteiger partial charge in [-0.1, -0.05) is 11.6 Å². The zero-order valence-corrected chi connectivity index (χ0v) is 19.7. The average Bonchev–Trinajstić information content (AvgIpc) is 3.24. The number of rotatable bonds is 7. The molecule has 4 rings (SSSR count). The third kappa shape index (κ3) is 5.28. The highest BCUT2D eigenvalue weighted by atomic mass is 35.5. The van der Waals surface area contributed by atoms with Gasteiger partial charge in [0.05, 0.1) is 36.2 Å². The van der Waals surface area contributed by atoms with Crippen molar-refractivity contribution < 1.29 is 28.3 Å². The second-order valence-corrected chi connectivity index (χ2v) is 7.82. The van der Waals surface area contributed by atoms with Crippen molar-refractivity contribution in [2.75, 3.05) is 19.5 Å². The fourth-order valence-electron chi connectivity index (χ4n) is 3.25. The van der Waals surface area contributed by atoms with Gasteiger partial charge in [0.25, 0.3) is 11.5 Å². The molecule has 180 valence electrons. The number of ether oxygens (including phenoxy) is 3. The van der Waals surface area contributed by atoms with Gasteiger partial charge < -0.3 is 24.1 Å². The molecule has 0 aliphatic rings. The van der Waals surface area contributed by atoms with Crippen LogP contribution in [-0.2, 0) is 11.3 Å². The fourth-order valence-corrected chi connectivity index (χ4v) is 3.42. The molecule has 0 radical (unpaired) electrons. The maximum absolute atomic E-state index is 12.8. The Hall–Kier alpha value is -4.31. The highest BCUT2D eigenvalue weighted by molar-refractivity contribution is 6.34. The predicted molar refractivity (Wildman–Crippen MR) is 127 cm³/mol. The van der Waals surface area contributed by atoms with Crippen LogP contribution in [0.4, 0.5) is 5.69 Å². The van der Waals surface area contributed by atoms with Crippen LogP contribution in [0.25, 0.3) is 5.65 Å². The molecule has 1 amide bonds. The summed E-state index contributed by atoms with van der Waals surface area (Å²) in [4.78, 5) is 41.8. The monoisotopic (exact) mass is 497 g/mol. The van der Waals surface area contributed by atoms with Gasteiger partial charge in [-0.3, -0.25) is 9.59 Å². The van der Waals surface area contributed by atoms with Gasteiger partial charge in [0.1, 0.15) is 23.9 Å². The SMILES string of the molecule is COc1cc(OC)cc(C(=O)Nc2cc(C(=O)OCc3cc(=O)n4oc(C)cc4n3)ccc2Cl)c1. The van der Waals surface area contributed by atoms with Crippen molar-refractivity contribution in [1.29, 1.82) is 0 Å². The van der Waals surface area contributed by atoms with Crippen LogP contribution in [-0.4, -0.2) is 35.7 Å². The molecule has 10 nitrogen and oxygen atoms in total. The van der Waals surface area contributed by atoms with Gasteiger partial charge in [-0.15, -0.1) is 4.57 Å². The summed E-state index contributed by atoms with van der Waals surface area (Å²) in [5.74, 6) is 0.227. The average molecular weight is 498 g/mol. The van der Waals surface area contributed by atoms with E-state index in [4.69, 9.17) is 30.3 Å². The van der Waals surface area contributed by atoms with Crippen molar-refractivity contribution in [3.8, 4) is 11.5 Å². The number of aromatic nitrogens is 2. The van der Waals surface area contributed by atoms with Crippen LogP contribution < -0.4 is 20.3 Å². The molecule has 0 aliphatic carbocycles. The zero-order chi connectivity index (χ0) is 25.1. The lowest BCUT2D eigenvalue weighted by Crippen LogP contribution is -2.15. The Kier molecular flexibility index (Phi) is 6.74. The van der Waals surface area contributed by atoms with E-state index < -0.39 is 17.4 Å². The van der Waals surface area contributed by atoms with Gasteiger partial charge in [-0.2, -0.15) is 0 Å². The molecule has 1 N–H and O–H groups in total. The van der Waals surface area contributed by atoms with Gasteiger partial charge in [0, 0.05) is 23.8 Å². The molecule has 0 saturated carbocycles. The Labute approximate surface area is 204 Å². The van der Waals surface area contributed by atoms with E-state index in [0.29, 0.717) is 22.9 Å². The van der Waals surface area contributed by atoms with E-state index in [1.54, 1.807) is 19.1 Å².